The van der Waals surface area contributed by atoms with E-state index in [4.69, 9.17) is 4.74 Å². The Morgan fingerprint density at radius 1 is 1.26 bits per heavy atom. The second-order valence-corrected chi connectivity index (χ2v) is 5.05. The average Bonchev–Trinajstić information content (AvgIpc) is 2.76. The van der Waals surface area contributed by atoms with E-state index in [0.717, 1.165) is 36.2 Å². The van der Waals surface area contributed by atoms with Crippen LogP contribution in [0.2, 0.25) is 0 Å². The number of rotatable bonds is 6. The van der Waals surface area contributed by atoms with E-state index in [-0.39, 0.29) is 0 Å². The van der Waals surface area contributed by atoms with Gasteiger partial charge in [0, 0.05) is 19.0 Å². The Balaban J connectivity index is 2.12. The molecule has 0 aliphatic heterocycles. The van der Waals surface area contributed by atoms with Crippen molar-refractivity contribution in [2.24, 2.45) is 0 Å². The standard InChI is InChI=1S/C13H17BrN4O/c1-3-5-12-16-11(14)7-13(17-12)19-10-8-15-18(9-10)6-4-2/h7-9H,3-6H2,1-2H3. The van der Waals surface area contributed by atoms with Crippen molar-refractivity contribution < 1.29 is 4.74 Å². The summed E-state index contributed by atoms with van der Waals surface area (Å²) in [5, 5.41) is 4.22. The summed E-state index contributed by atoms with van der Waals surface area (Å²) in [5.74, 6) is 2.02. The van der Waals surface area contributed by atoms with E-state index in [0.29, 0.717) is 11.6 Å². The molecule has 2 aromatic rings. The van der Waals surface area contributed by atoms with Crippen molar-refractivity contribution in [3.05, 3.63) is 28.9 Å². The lowest BCUT2D eigenvalue weighted by molar-refractivity contribution is 0.456. The smallest absolute Gasteiger partial charge is 0.223 e. The number of aromatic nitrogens is 4. The highest BCUT2D eigenvalue weighted by Crippen LogP contribution is 2.21. The molecule has 0 amide bonds. The maximum absolute atomic E-state index is 5.71. The topological polar surface area (TPSA) is 52.8 Å². The highest BCUT2D eigenvalue weighted by Gasteiger charge is 2.06. The van der Waals surface area contributed by atoms with Gasteiger partial charge in [0.15, 0.2) is 5.75 Å². The van der Waals surface area contributed by atoms with Crippen molar-refractivity contribution in [3.8, 4) is 11.6 Å². The van der Waals surface area contributed by atoms with E-state index < -0.39 is 0 Å². The zero-order valence-corrected chi connectivity index (χ0v) is 12.7. The normalized spacial score (nSPS) is 10.7. The van der Waals surface area contributed by atoms with Crippen molar-refractivity contribution in [1.29, 1.82) is 0 Å². The van der Waals surface area contributed by atoms with Gasteiger partial charge >= 0.3 is 0 Å². The molecule has 0 radical (unpaired) electrons. The Kier molecular flexibility index (Phi) is 4.90. The molecule has 0 aliphatic rings. The summed E-state index contributed by atoms with van der Waals surface area (Å²) in [7, 11) is 0. The first-order valence-corrected chi connectivity index (χ1v) is 7.24. The minimum Gasteiger partial charge on any atom is -0.436 e. The molecule has 0 saturated heterocycles. The lowest BCUT2D eigenvalue weighted by Crippen LogP contribution is -1.98. The van der Waals surface area contributed by atoms with Crippen LogP contribution in [0.4, 0.5) is 0 Å². The maximum Gasteiger partial charge on any atom is 0.223 e. The Labute approximate surface area is 121 Å². The van der Waals surface area contributed by atoms with Crippen molar-refractivity contribution in [1.82, 2.24) is 19.7 Å². The third-order valence-corrected chi connectivity index (χ3v) is 2.88. The number of aryl methyl sites for hydroxylation is 2. The van der Waals surface area contributed by atoms with E-state index >= 15 is 0 Å². The average molecular weight is 325 g/mol. The highest BCUT2D eigenvalue weighted by molar-refractivity contribution is 9.10. The zero-order chi connectivity index (χ0) is 13.7. The van der Waals surface area contributed by atoms with Crippen molar-refractivity contribution in [2.75, 3.05) is 0 Å². The molecule has 0 fully saturated rings. The van der Waals surface area contributed by atoms with E-state index in [1.807, 2.05) is 10.9 Å². The highest BCUT2D eigenvalue weighted by atomic mass is 79.9. The van der Waals surface area contributed by atoms with Gasteiger partial charge in [-0.15, -0.1) is 0 Å². The summed E-state index contributed by atoms with van der Waals surface area (Å²) < 4.78 is 8.31. The molecular formula is C13H17BrN4O. The summed E-state index contributed by atoms with van der Waals surface area (Å²) in [6.07, 6.45) is 6.46. The van der Waals surface area contributed by atoms with Gasteiger partial charge in [-0.2, -0.15) is 10.1 Å². The minimum atomic E-state index is 0.543. The first-order valence-electron chi connectivity index (χ1n) is 6.45. The Hall–Kier alpha value is -1.43. The molecule has 0 aliphatic carbocycles. The van der Waals surface area contributed by atoms with Crippen molar-refractivity contribution >= 4 is 15.9 Å². The predicted octanol–water partition coefficient (Wildman–Crippen LogP) is 3.59. The van der Waals surface area contributed by atoms with Crippen LogP contribution >= 0.6 is 15.9 Å². The van der Waals surface area contributed by atoms with Crippen LogP contribution in [0.5, 0.6) is 11.6 Å². The molecule has 0 unspecified atom stereocenters. The second-order valence-electron chi connectivity index (χ2n) is 4.24. The van der Waals surface area contributed by atoms with Crippen LogP contribution < -0.4 is 4.74 Å². The van der Waals surface area contributed by atoms with Gasteiger partial charge in [0.2, 0.25) is 5.88 Å². The summed E-state index contributed by atoms with van der Waals surface area (Å²) in [4.78, 5) is 8.68. The Bertz CT molecular complexity index is 541. The molecule has 2 heterocycles. The number of nitrogens with zero attached hydrogens (tertiary/aromatic N) is 4. The first kappa shape index (κ1) is 14.0. The Morgan fingerprint density at radius 2 is 2.11 bits per heavy atom. The van der Waals surface area contributed by atoms with Gasteiger partial charge in [-0.05, 0) is 28.8 Å². The molecule has 0 bridgehead atoms. The maximum atomic E-state index is 5.71. The molecule has 2 aromatic heterocycles. The number of ether oxygens (including phenoxy) is 1. The van der Waals surface area contributed by atoms with Crippen molar-refractivity contribution in [3.63, 3.8) is 0 Å². The van der Waals surface area contributed by atoms with Crippen LogP contribution in [0, 0.1) is 0 Å². The molecule has 0 N–H and O–H groups in total. The van der Waals surface area contributed by atoms with Gasteiger partial charge in [-0.1, -0.05) is 13.8 Å². The zero-order valence-electron chi connectivity index (χ0n) is 11.1. The van der Waals surface area contributed by atoms with Crippen molar-refractivity contribution in [2.45, 2.75) is 39.7 Å². The first-order chi connectivity index (χ1) is 9.21. The Morgan fingerprint density at radius 3 is 2.84 bits per heavy atom. The SMILES string of the molecule is CCCc1nc(Br)cc(Oc2cnn(CCC)c2)n1. The van der Waals surface area contributed by atoms with Crippen LogP contribution in [-0.4, -0.2) is 19.7 Å². The fourth-order valence-corrected chi connectivity index (χ4v) is 2.10. The monoisotopic (exact) mass is 324 g/mol. The lowest BCUT2D eigenvalue weighted by atomic mass is 10.3. The molecule has 0 spiro atoms. The molecule has 5 nitrogen and oxygen atoms in total. The van der Waals surface area contributed by atoms with Gasteiger partial charge in [-0.3, -0.25) is 4.68 Å². The molecule has 19 heavy (non-hydrogen) atoms. The number of halogens is 1. The lowest BCUT2D eigenvalue weighted by Gasteiger charge is -2.04. The van der Waals surface area contributed by atoms with Gasteiger partial charge in [0.05, 0.1) is 12.4 Å². The second kappa shape index (κ2) is 6.65. The van der Waals surface area contributed by atoms with Gasteiger partial charge in [0.25, 0.3) is 0 Å². The third kappa shape index (κ3) is 4.02. The van der Waals surface area contributed by atoms with Crippen LogP contribution in [0.25, 0.3) is 0 Å². The fourth-order valence-electron chi connectivity index (χ4n) is 1.70. The third-order valence-electron chi connectivity index (χ3n) is 2.48. The van der Waals surface area contributed by atoms with Crippen LogP contribution in [0.3, 0.4) is 0 Å². The van der Waals surface area contributed by atoms with Gasteiger partial charge in [0.1, 0.15) is 10.4 Å². The summed E-state index contributed by atoms with van der Waals surface area (Å²) in [6, 6.07) is 1.76. The van der Waals surface area contributed by atoms with Gasteiger partial charge < -0.3 is 4.74 Å². The molecule has 0 saturated carbocycles. The predicted molar refractivity (Wildman–Crippen MR) is 76.3 cm³/mol. The largest absolute Gasteiger partial charge is 0.436 e. The molecule has 102 valence electrons. The van der Waals surface area contributed by atoms with Crippen LogP contribution in [0.15, 0.2) is 23.1 Å². The quantitative estimate of drug-likeness (QED) is 0.762. The van der Waals surface area contributed by atoms with Crippen LogP contribution in [-0.2, 0) is 13.0 Å². The van der Waals surface area contributed by atoms with Gasteiger partial charge in [-0.25, -0.2) is 4.98 Å². The molecule has 2 rings (SSSR count). The summed E-state index contributed by atoms with van der Waals surface area (Å²) in [6.45, 7) is 5.10. The summed E-state index contributed by atoms with van der Waals surface area (Å²) >= 11 is 3.37. The summed E-state index contributed by atoms with van der Waals surface area (Å²) in [5.41, 5.74) is 0. The van der Waals surface area contributed by atoms with E-state index in [2.05, 4.69) is 44.8 Å². The number of hydrogen-bond donors (Lipinski definition) is 0. The minimum absolute atomic E-state index is 0.543. The van der Waals surface area contributed by atoms with E-state index in [1.165, 1.54) is 0 Å². The molecule has 6 heteroatoms. The fraction of sp³-hybridized carbons (Fsp3) is 0.462. The van der Waals surface area contributed by atoms with E-state index in [1.54, 1.807) is 12.3 Å². The molecule has 0 atom stereocenters. The number of hydrogen-bond acceptors (Lipinski definition) is 4. The molecule has 0 aromatic carbocycles. The van der Waals surface area contributed by atoms with E-state index in [9.17, 15) is 0 Å². The van der Waals surface area contributed by atoms with Crippen LogP contribution in [0.1, 0.15) is 32.5 Å². The molecular weight excluding hydrogens is 308 g/mol.